The zero-order chi connectivity index (χ0) is 9.78. The fraction of sp³-hybridized carbons (Fsp3) is 0.833. The van der Waals surface area contributed by atoms with Gasteiger partial charge in [0.2, 0.25) is 0 Å². The molecule has 0 rings (SSSR count). The van der Waals surface area contributed by atoms with E-state index >= 15 is 0 Å². The van der Waals surface area contributed by atoms with Crippen LogP contribution in [0.1, 0.15) is 0 Å². The van der Waals surface area contributed by atoms with Gasteiger partial charge in [0.15, 0.2) is 14.5 Å². The summed E-state index contributed by atoms with van der Waals surface area (Å²) in [6, 6.07) is 0. The Morgan fingerprint density at radius 3 is 2.42 bits per heavy atom. The monoisotopic (exact) mass is 211 g/mol. The third-order valence-corrected chi connectivity index (χ3v) is 1.97. The highest BCUT2D eigenvalue weighted by molar-refractivity contribution is 8.28. The largest absolute Gasteiger partial charge is 0.612 e. The van der Waals surface area contributed by atoms with Gasteiger partial charge in [-0.15, -0.1) is 4.74 Å². The average Bonchev–Trinajstić information content (AvgIpc) is 1.79. The lowest BCUT2D eigenvalue weighted by Crippen LogP contribution is -2.10. The average molecular weight is 211 g/mol. The van der Waals surface area contributed by atoms with Gasteiger partial charge in [0.25, 0.3) is 0 Å². The summed E-state index contributed by atoms with van der Waals surface area (Å²) in [4.78, 5) is 21.4. The van der Waals surface area contributed by atoms with Crippen LogP contribution < -0.4 is 4.89 Å². The summed E-state index contributed by atoms with van der Waals surface area (Å²) in [5, 5.41) is 0. The third-order valence-electron chi connectivity index (χ3n) is 0.742. The van der Waals surface area contributed by atoms with E-state index in [1.165, 1.54) is 6.66 Å². The van der Waals surface area contributed by atoms with E-state index in [0.717, 1.165) is 0 Å². The van der Waals surface area contributed by atoms with E-state index in [0.29, 0.717) is 0 Å². The van der Waals surface area contributed by atoms with Crippen LogP contribution in [0.2, 0.25) is 0 Å². The minimum absolute atomic E-state index is 0.101. The molecule has 12 heavy (non-hydrogen) atoms. The molecule has 0 radical (unpaired) electrons. The van der Waals surface area contributed by atoms with Gasteiger partial charge < -0.3 is 9.08 Å². The Morgan fingerprint density at radius 2 is 2.08 bits per heavy atom. The minimum atomic E-state index is -1.59. The molecule has 0 N–H and O–H groups in total. The van der Waals surface area contributed by atoms with Gasteiger partial charge in [0.05, 0.1) is 0 Å². The quantitative estimate of drug-likeness (QED) is 0.646. The van der Waals surface area contributed by atoms with E-state index in [4.69, 9.17) is 4.18 Å². The zero-order valence-electron chi connectivity index (χ0n) is 7.73. The fourth-order valence-corrected chi connectivity index (χ4v) is 1.39. The smallest absolute Gasteiger partial charge is 0.342 e. The Balaban J connectivity index is 3.84. The molecule has 0 aliphatic heterocycles. The van der Waals surface area contributed by atoms with Crippen LogP contribution in [0.25, 0.3) is 0 Å². The van der Waals surface area contributed by atoms with Crippen LogP contribution in [0.3, 0.4) is 0 Å². The van der Waals surface area contributed by atoms with Crippen molar-refractivity contribution in [2.75, 3.05) is 32.0 Å². The number of nitrogens with zero attached hydrogens (tertiary/aromatic N) is 1. The number of hydrogen-bond acceptors (Lipinski definition) is 4. The number of carbonyl (C=O) groups is 1. The normalized spacial score (nSPS) is 14.2. The zero-order valence-corrected chi connectivity index (χ0v) is 9.45. The topological polar surface area (TPSA) is 61.7 Å². The predicted molar refractivity (Wildman–Crippen MR) is 51.6 cm³/mol. The molecule has 1 unspecified atom stereocenters. The molecular formula is C6H14NO3PS. The maximum atomic E-state index is 10.9. The fourth-order valence-electron chi connectivity index (χ4n) is 0.463. The molecule has 0 amide bonds. The van der Waals surface area contributed by atoms with Crippen molar-refractivity contribution in [3.05, 3.63) is 0 Å². The van der Waals surface area contributed by atoms with Gasteiger partial charge in [-0.3, -0.25) is 0 Å². The van der Waals surface area contributed by atoms with Crippen molar-refractivity contribution in [1.82, 2.24) is 0 Å². The SMILES string of the molecule is C[P+]([O-])=NCC(=O)OS(C)(C)C. The second kappa shape index (κ2) is 4.80. The van der Waals surface area contributed by atoms with Crippen molar-refractivity contribution in [3.8, 4) is 0 Å². The van der Waals surface area contributed by atoms with Gasteiger partial charge in [-0.1, -0.05) is 10.3 Å². The first kappa shape index (κ1) is 11.9. The second-order valence-corrected chi connectivity index (χ2v) is 7.77. The van der Waals surface area contributed by atoms with Crippen molar-refractivity contribution >= 4 is 24.2 Å². The van der Waals surface area contributed by atoms with E-state index in [-0.39, 0.29) is 6.54 Å². The van der Waals surface area contributed by atoms with Gasteiger partial charge in [-0.2, -0.15) is 0 Å². The molecule has 0 aromatic carbocycles. The van der Waals surface area contributed by atoms with Crippen molar-refractivity contribution in [3.63, 3.8) is 0 Å². The summed E-state index contributed by atoms with van der Waals surface area (Å²) in [5.41, 5.74) is 0. The maximum Gasteiger partial charge on any atom is 0.342 e. The minimum Gasteiger partial charge on any atom is -0.612 e. The number of rotatable bonds is 3. The van der Waals surface area contributed by atoms with Crippen LogP contribution in [0.4, 0.5) is 0 Å². The summed E-state index contributed by atoms with van der Waals surface area (Å²) in [6.45, 7) is 1.35. The molecule has 0 aromatic heterocycles. The van der Waals surface area contributed by atoms with Crippen LogP contribution in [-0.4, -0.2) is 37.9 Å². The molecule has 0 saturated carbocycles. The molecule has 72 valence electrons. The summed E-state index contributed by atoms with van der Waals surface area (Å²) >= 11 is 0. The highest BCUT2D eigenvalue weighted by Gasteiger charge is 2.11. The Bertz CT molecular complexity index is 195. The second-order valence-electron chi connectivity index (χ2n) is 2.94. The van der Waals surface area contributed by atoms with Crippen LogP contribution >= 0.6 is 18.2 Å². The molecule has 0 saturated heterocycles. The highest BCUT2D eigenvalue weighted by Crippen LogP contribution is 2.35. The molecule has 0 fully saturated rings. The van der Waals surface area contributed by atoms with Crippen molar-refractivity contribution < 1.29 is 13.9 Å². The van der Waals surface area contributed by atoms with E-state index in [1.54, 1.807) is 0 Å². The Hall–Kier alpha value is -0.120. The first-order valence-electron chi connectivity index (χ1n) is 3.30. The molecule has 6 heteroatoms. The summed E-state index contributed by atoms with van der Waals surface area (Å²) < 4.78 is 8.57. The summed E-state index contributed by atoms with van der Waals surface area (Å²) in [7, 11) is -2.87. The Kier molecular flexibility index (Phi) is 4.75. The first-order chi connectivity index (χ1) is 5.31. The first-order valence-corrected chi connectivity index (χ1v) is 7.74. The Labute approximate surface area is 75.4 Å². The van der Waals surface area contributed by atoms with Crippen molar-refractivity contribution in [2.24, 2.45) is 4.74 Å². The summed E-state index contributed by atoms with van der Waals surface area (Å²) in [5.74, 6) is -0.400. The third kappa shape index (κ3) is 7.98. The highest BCUT2D eigenvalue weighted by atomic mass is 32.3. The van der Waals surface area contributed by atoms with Crippen molar-refractivity contribution in [2.45, 2.75) is 0 Å². The van der Waals surface area contributed by atoms with Crippen LogP contribution in [-0.2, 0) is 8.98 Å². The van der Waals surface area contributed by atoms with E-state index in [9.17, 15) is 9.69 Å². The summed E-state index contributed by atoms with van der Waals surface area (Å²) in [6.07, 6.45) is 5.57. The molecule has 0 aliphatic carbocycles. The Morgan fingerprint density at radius 1 is 1.58 bits per heavy atom. The van der Waals surface area contributed by atoms with Gasteiger partial charge in [0.1, 0.15) is 6.66 Å². The van der Waals surface area contributed by atoms with Gasteiger partial charge in [-0.25, -0.2) is 4.79 Å². The van der Waals surface area contributed by atoms with Crippen LogP contribution in [0, 0.1) is 0 Å². The lowest BCUT2D eigenvalue weighted by molar-refractivity contribution is -0.154. The van der Waals surface area contributed by atoms with Crippen LogP contribution in [0.15, 0.2) is 4.74 Å². The van der Waals surface area contributed by atoms with E-state index in [2.05, 4.69) is 4.74 Å². The van der Waals surface area contributed by atoms with E-state index < -0.39 is 24.2 Å². The molecule has 4 nitrogen and oxygen atoms in total. The van der Waals surface area contributed by atoms with E-state index in [1.807, 2.05) is 18.8 Å². The lowest BCUT2D eigenvalue weighted by atomic mass is 10.7. The molecule has 0 heterocycles. The standard InChI is InChI=1S/C6H14NO3PS/c1-11(9)7-5-6(8)10-12(2,3)4/h5H2,1-4H3. The molecule has 1 atom stereocenters. The lowest BCUT2D eigenvalue weighted by Gasteiger charge is -2.23. The maximum absolute atomic E-state index is 10.9. The van der Waals surface area contributed by atoms with Gasteiger partial charge in [0, 0.05) is 0 Å². The van der Waals surface area contributed by atoms with Crippen molar-refractivity contribution in [1.29, 1.82) is 0 Å². The van der Waals surface area contributed by atoms with Gasteiger partial charge in [-0.05, 0) is 18.8 Å². The van der Waals surface area contributed by atoms with Gasteiger partial charge >= 0.3 is 5.97 Å². The van der Waals surface area contributed by atoms with Crippen LogP contribution in [0.5, 0.6) is 0 Å². The predicted octanol–water partition coefficient (Wildman–Crippen LogP) is 0.709. The number of hydrogen-bond donors (Lipinski definition) is 0. The molecule has 0 bridgehead atoms. The number of carbonyl (C=O) groups excluding carboxylic acids is 1. The molecule has 0 spiro atoms. The molecular weight excluding hydrogens is 197 g/mol. The molecule has 0 aromatic rings. The molecule has 0 aliphatic rings.